The summed E-state index contributed by atoms with van der Waals surface area (Å²) in [5.74, 6) is 6.36. The minimum Gasteiger partial charge on any atom is -0.399 e. The van der Waals surface area contributed by atoms with E-state index in [-0.39, 0.29) is 0 Å². The minimum absolute atomic E-state index is 0.406. The molecule has 0 bridgehead atoms. The molecule has 0 unspecified atom stereocenters. The van der Waals surface area contributed by atoms with E-state index in [1.807, 2.05) is 249 Å². The molecule has 18 aromatic rings. The van der Waals surface area contributed by atoms with Gasteiger partial charge in [-0.05, 0) is 96.9 Å². The summed E-state index contributed by atoms with van der Waals surface area (Å²) >= 11 is 3.52. The summed E-state index contributed by atoms with van der Waals surface area (Å²) < 4.78 is 13.6. The topological polar surface area (TPSA) is 160 Å². The van der Waals surface area contributed by atoms with Crippen molar-refractivity contribution in [3.63, 3.8) is 0 Å². The van der Waals surface area contributed by atoms with Gasteiger partial charge in [-0.15, -0.1) is 0 Å². The average molecular weight is 1590 g/mol. The van der Waals surface area contributed by atoms with Crippen molar-refractivity contribution in [2.24, 2.45) is 0 Å². The lowest BCUT2D eigenvalue weighted by Gasteiger charge is -2.32. The Morgan fingerprint density at radius 3 is 0.729 bits per heavy atom. The Hall–Kier alpha value is -14.3. The molecule has 13 nitrogen and oxygen atoms in total. The van der Waals surface area contributed by atoms with Crippen LogP contribution in [0.4, 0.5) is 0 Å². The van der Waals surface area contributed by atoms with Crippen LogP contribution in [0.15, 0.2) is 399 Å². The molecule has 118 heavy (non-hydrogen) atoms. The number of hydrogen-bond donors (Lipinski definition) is 0. The molecule has 0 spiro atoms. The van der Waals surface area contributed by atoms with E-state index >= 15 is 0 Å². The van der Waals surface area contributed by atoms with Crippen LogP contribution in [-0.4, -0.2) is 73.1 Å². The second-order valence-corrected chi connectivity index (χ2v) is 30.3. The third-order valence-corrected chi connectivity index (χ3v) is 21.2. The third kappa shape index (κ3) is 17.8. The van der Waals surface area contributed by atoms with Crippen LogP contribution in [-0.2, 0) is 9.31 Å². The fraction of sp³-hybridized carbons (Fsp3) is 0.0583. The minimum atomic E-state index is -0.447. The van der Waals surface area contributed by atoms with E-state index in [1.165, 1.54) is 11.1 Å². The standard InChI is InChI=1S/C48H32N6.C34H31BN2O2.C21H14BrN3/c1-5-15-33(16-6-1)34-27-29-38(30-28-34)46-50-45(37-21-11-4-12-22-37)53-48(54-46)42-26-14-24-40(32-42)39-23-13-25-41(31-39)47-51-43(35-17-7-2-8-18-35)49-44(52-47)36-19-9-3-10-20-36;1-33(2)34(3,4)39-35(38-33)29-17-11-16-28(22-29)32-36-30(26-14-9-6-10-15-26)23-31(37-32)27-20-18-25(19-21-27)24-12-7-5-8-13-24;22-18-13-7-12-17(14-18)21-24-19(15-8-3-1-4-9-15)23-20(25-21)16-10-5-2-6-11-16/h1-32H;5-23H,1-4H3;1-14H. The Kier molecular flexibility index (Phi) is 22.5. The largest absolute Gasteiger partial charge is 0.494 e. The van der Waals surface area contributed by atoms with Crippen molar-refractivity contribution >= 4 is 28.5 Å². The van der Waals surface area contributed by atoms with E-state index in [4.69, 9.17) is 59.1 Å². The first kappa shape index (κ1) is 76.3. The summed E-state index contributed by atoms with van der Waals surface area (Å²) in [6, 6.07) is 133. The van der Waals surface area contributed by atoms with Crippen LogP contribution in [0.2, 0.25) is 0 Å². The fourth-order valence-corrected chi connectivity index (χ4v) is 14.1. The van der Waals surface area contributed by atoms with Crippen LogP contribution in [0.3, 0.4) is 0 Å². The zero-order valence-electron chi connectivity index (χ0n) is 65.2. The Balaban J connectivity index is 0.000000136. The number of rotatable bonds is 16. The quantitative estimate of drug-likeness (QED) is 0.0842. The molecule has 0 amide bonds. The second kappa shape index (κ2) is 34.8. The maximum Gasteiger partial charge on any atom is 0.494 e. The van der Waals surface area contributed by atoms with Crippen LogP contribution >= 0.6 is 15.9 Å². The van der Waals surface area contributed by atoms with Crippen LogP contribution in [0.1, 0.15) is 27.7 Å². The summed E-state index contributed by atoms with van der Waals surface area (Å²) in [7, 11) is -0.447. The van der Waals surface area contributed by atoms with Crippen molar-refractivity contribution in [3.8, 4) is 170 Å². The molecule has 0 atom stereocenters. The Labute approximate surface area is 695 Å². The maximum absolute atomic E-state index is 6.31. The summed E-state index contributed by atoms with van der Waals surface area (Å²) in [5, 5.41) is 0. The summed E-state index contributed by atoms with van der Waals surface area (Å²) in [6.45, 7) is 8.27. The first-order chi connectivity index (χ1) is 57.8. The first-order valence-electron chi connectivity index (χ1n) is 39.1. The third-order valence-electron chi connectivity index (χ3n) is 20.7. The molecule has 14 aromatic carbocycles. The molecular formula is C103H77BBrN11O2. The van der Waals surface area contributed by atoms with Crippen LogP contribution in [0.25, 0.3) is 170 Å². The van der Waals surface area contributed by atoms with E-state index in [0.29, 0.717) is 58.2 Å². The van der Waals surface area contributed by atoms with Gasteiger partial charge in [-0.25, -0.2) is 54.8 Å². The van der Waals surface area contributed by atoms with E-state index in [1.54, 1.807) is 0 Å². The van der Waals surface area contributed by atoms with Crippen molar-refractivity contribution in [1.29, 1.82) is 0 Å². The molecule has 5 heterocycles. The molecular weight excluding hydrogens is 1510 g/mol. The van der Waals surface area contributed by atoms with Gasteiger partial charge in [0, 0.05) is 71.2 Å². The molecule has 0 aliphatic carbocycles. The molecule has 0 N–H and O–H groups in total. The van der Waals surface area contributed by atoms with E-state index < -0.39 is 18.3 Å². The van der Waals surface area contributed by atoms with Crippen molar-refractivity contribution in [1.82, 2.24) is 54.8 Å². The predicted octanol–water partition coefficient (Wildman–Crippen LogP) is 24.5. The number of benzene rings is 14. The highest BCUT2D eigenvalue weighted by Crippen LogP contribution is 2.39. The van der Waals surface area contributed by atoms with Gasteiger partial charge in [0.05, 0.1) is 22.6 Å². The van der Waals surface area contributed by atoms with Crippen LogP contribution < -0.4 is 5.46 Å². The lowest BCUT2D eigenvalue weighted by Crippen LogP contribution is -2.41. The lowest BCUT2D eigenvalue weighted by atomic mass is 9.78. The SMILES string of the molecule is Brc1cccc(-c2nc(-c3ccccc3)nc(-c3ccccc3)n2)c1.CC1(C)OB(c2cccc(-c3nc(-c4ccccc4)cc(-c4ccc(-c5ccccc5)cc4)n3)c2)OC1(C)C.c1ccc(-c2ccc(-c3nc(-c4ccccc4)nc(-c4cccc(-c5cccc(-c6nc(-c7ccccc7)nc(-c7ccccc7)n6)c5)c4)n3)cc2)cc1. The molecule has 15 heteroatoms. The van der Waals surface area contributed by atoms with Gasteiger partial charge in [0.25, 0.3) is 0 Å². The highest BCUT2D eigenvalue weighted by atomic mass is 79.9. The number of nitrogens with zero attached hydrogens (tertiary/aromatic N) is 11. The number of aromatic nitrogens is 11. The Bertz CT molecular complexity index is 6360. The van der Waals surface area contributed by atoms with Gasteiger partial charge in [0.2, 0.25) is 0 Å². The van der Waals surface area contributed by atoms with Crippen molar-refractivity contribution in [2.75, 3.05) is 0 Å². The maximum atomic E-state index is 6.31. The van der Waals surface area contributed by atoms with Crippen LogP contribution in [0.5, 0.6) is 0 Å². The molecule has 0 saturated carbocycles. The van der Waals surface area contributed by atoms with Gasteiger partial charge in [-0.3, -0.25) is 0 Å². The molecule has 1 aliphatic rings. The summed E-state index contributed by atoms with van der Waals surface area (Å²) in [5.41, 5.74) is 20.0. The molecule has 0 radical (unpaired) electrons. The van der Waals surface area contributed by atoms with Crippen molar-refractivity contribution < 1.29 is 9.31 Å². The van der Waals surface area contributed by atoms with E-state index in [2.05, 4.69) is 194 Å². The second-order valence-electron chi connectivity index (χ2n) is 29.3. The average Bonchev–Trinajstić information content (AvgIpc) is 1.61. The zero-order chi connectivity index (χ0) is 80.2. The first-order valence-corrected chi connectivity index (χ1v) is 39.9. The fourth-order valence-electron chi connectivity index (χ4n) is 13.7. The lowest BCUT2D eigenvalue weighted by molar-refractivity contribution is 0.00578. The smallest absolute Gasteiger partial charge is 0.399 e. The molecule has 1 aliphatic heterocycles. The number of hydrogen-bond acceptors (Lipinski definition) is 13. The van der Waals surface area contributed by atoms with E-state index in [9.17, 15) is 0 Å². The Morgan fingerprint density at radius 2 is 0.398 bits per heavy atom. The van der Waals surface area contributed by atoms with Crippen LogP contribution in [0, 0.1) is 0 Å². The van der Waals surface area contributed by atoms with Gasteiger partial charge in [-0.2, -0.15) is 0 Å². The molecule has 1 fully saturated rings. The van der Waals surface area contributed by atoms with Gasteiger partial charge in [0.15, 0.2) is 58.2 Å². The van der Waals surface area contributed by atoms with Gasteiger partial charge in [0.1, 0.15) is 0 Å². The zero-order valence-corrected chi connectivity index (χ0v) is 66.8. The number of halogens is 1. The monoisotopic (exact) mass is 1590 g/mol. The molecule has 4 aromatic heterocycles. The Morgan fingerprint density at radius 1 is 0.186 bits per heavy atom. The molecule has 19 rings (SSSR count). The van der Waals surface area contributed by atoms with Crippen molar-refractivity contribution in [3.05, 3.63) is 399 Å². The van der Waals surface area contributed by atoms with Gasteiger partial charge in [-0.1, -0.05) is 380 Å². The van der Waals surface area contributed by atoms with Gasteiger partial charge >= 0.3 is 7.12 Å². The van der Waals surface area contributed by atoms with Gasteiger partial charge < -0.3 is 9.31 Å². The van der Waals surface area contributed by atoms with Crippen molar-refractivity contribution in [2.45, 2.75) is 38.9 Å². The highest BCUT2D eigenvalue weighted by Gasteiger charge is 2.51. The summed E-state index contributed by atoms with van der Waals surface area (Å²) in [4.78, 5) is 53.8. The highest BCUT2D eigenvalue weighted by molar-refractivity contribution is 9.10. The summed E-state index contributed by atoms with van der Waals surface area (Å²) in [6.07, 6.45) is 0. The van der Waals surface area contributed by atoms with E-state index in [0.717, 1.165) is 110 Å². The normalized spacial score (nSPS) is 12.5. The molecule has 566 valence electrons. The predicted molar refractivity (Wildman–Crippen MR) is 480 cm³/mol. The molecule has 1 saturated heterocycles.